The molecule has 1 aliphatic rings. The SMILES string of the molecule is COc1ccccc1N1CCC(Nc2nnc(C(F)(F)F)s2)C1. The minimum Gasteiger partial charge on any atom is -0.495 e. The lowest BCUT2D eigenvalue weighted by Crippen LogP contribution is -2.26. The minimum absolute atomic E-state index is 0.0222. The zero-order valence-corrected chi connectivity index (χ0v) is 13.1. The van der Waals surface area contributed by atoms with Crippen LogP contribution in [0.15, 0.2) is 24.3 Å². The van der Waals surface area contributed by atoms with Gasteiger partial charge in [0.25, 0.3) is 0 Å². The molecular formula is C14H15F3N4OS. The smallest absolute Gasteiger partial charge is 0.445 e. The van der Waals surface area contributed by atoms with Crippen molar-refractivity contribution in [2.75, 3.05) is 30.4 Å². The first-order valence-electron chi connectivity index (χ1n) is 7.02. The number of ether oxygens (including phenoxy) is 1. The average molecular weight is 344 g/mol. The zero-order chi connectivity index (χ0) is 16.4. The van der Waals surface area contributed by atoms with E-state index in [9.17, 15) is 13.2 Å². The van der Waals surface area contributed by atoms with E-state index in [1.54, 1.807) is 7.11 Å². The summed E-state index contributed by atoms with van der Waals surface area (Å²) < 4.78 is 43.0. The van der Waals surface area contributed by atoms with Gasteiger partial charge in [-0.2, -0.15) is 13.2 Å². The maximum atomic E-state index is 12.5. The summed E-state index contributed by atoms with van der Waals surface area (Å²) in [5.74, 6) is 0.781. The summed E-state index contributed by atoms with van der Waals surface area (Å²) in [6.07, 6.45) is -3.64. The second-order valence-corrected chi connectivity index (χ2v) is 6.14. The van der Waals surface area contributed by atoms with Crippen LogP contribution in [0.25, 0.3) is 0 Å². The first-order chi connectivity index (χ1) is 11.0. The molecule has 0 aliphatic carbocycles. The number of para-hydroxylation sites is 2. The van der Waals surface area contributed by atoms with Crippen LogP contribution in [-0.4, -0.2) is 36.4 Å². The van der Waals surface area contributed by atoms with Gasteiger partial charge in [-0.3, -0.25) is 0 Å². The maximum Gasteiger partial charge on any atom is 0.445 e. The molecule has 0 radical (unpaired) electrons. The molecule has 124 valence electrons. The Labute approximate surface area is 135 Å². The van der Waals surface area contributed by atoms with Crippen LogP contribution in [-0.2, 0) is 6.18 Å². The van der Waals surface area contributed by atoms with E-state index in [4.69, 9.17) is 4.74 Å². The Bertz CT molecular complexity index is 676. The molecule has 1 saturated heterocycles. The molecular weight excluding hydrogens is 329 g/mol. The number of alkyl halides is 3. The summed E-state index contributed by atoms with van der Waals surface area (Å²) >= 11 is 0.530. The van der Waals surface area contributed by atoms with Gasteiger partial charge in [-0.15, -0.1) is 10.2 Å². The molecule has 1 N–H and O–H groups in total. The quantitative estimate of drug-likeness (QED) is 0.923. The van der Waals surface area contributed by atoms with Crippen molar-refractivity contribution >= 4 is 22.2 Å². The van der Waals surface area contributed by atoms with Crippen LogP contribution in [0.3, 0.4) is 0 Å². The van der Waals surface area contributed by atoms with Crippen molar-refractivity contribution < 1.29 is 17.9 Å². The molecule has 0 saturated carbocycles. The van der Waals surface area contributed by atoms with Crippen LogP contribution >= 0.6 is 11.3 Å². The fraction of sp³-hybridized carbons (Fsp3) is 0.429. The van der Waals surface area contributed by atoms with Crippen molar-refractivity contribution in [1.29, 1.82) is 0 Å². The number of anilines is 2. The summed E-state index contributed by atoms with van der Waals surface area (Å²) in [6.45, 7) is 1.46. The fourth-order valence-corrected chi connectivity index (χ4v) is 3.25. The van der Waals surface area contributed by atoms with Gasteiger partial charge >= 0.3 is 6.18 Å². The first kappa shape index (κ1) is 15.9. The number of aromatic nitrogens is 2. The monoisotopic (exact) mass is 344 g/mol. The standard InChI is InChI=1S/C14H15F3N4OS/c1-22-11-5-3-2-4-10(11)21-7-6-9(8-21)18-13-20-19-12(23-13)14(15,16)17/h2-5,9H,6-8H2,1H3,(H,18,20). The van der Waals surface area contributed by atoms with E-state index < -0.39 is 11.2 Å². The van der Waals surface area contributed by atoms with E-state index in [0.29, 0.717) is 17.9 Å². The van der Waals surface area contributed by atoms with Crippen LogP contribution in [0.5, 0.6) is 5.75 Å². The number of benzene rings is 1. The number of hydrogen-bond acceptors (Lipinski definition) is 6. The molecule has 3 rings (SSSR count). The average Bonchev–Trinajstić information content (AvgIpc) is 3.16. The lowest BCUT2D eigenvalue weighted by atomic mass is 10.2. The van der Waals surface area contributed by atoms with E-state index >= 15 is 0 Å². The third kappa shape index (κ3) is 3.49. The van der Waals surface area contributed by atoms with E-state index in [1.807, 2.05) is 24.3 Å². The van der Waals surface area contributed by atoms with Gasteiger partial charge in [0.05, 0.1) is 12.8 Å². The van der Waals surface area contributed by atoms with Gasteiger partial charge < -0.3 is 15.0 Å². The molecule has 0 amide bonds. The van der Waals surface area contributed by atoms with Crippen molar-refractivity contribution in [1.82, 2.24) is 10.2 Å². The van der Waals surface area contributed by atoms with Gasteiger partial charge in [-0.05, 0) is 18.6 Å². The Morgan fingerprint density at radius 3 is 2.78 bits per heavy atom. The highest BCUT2D eigenvalue weighted by molar-refractivity contribution is 7.15. The summed E-state index contributed by atoms with van der Waals surface area (Å²) in [5, 5.41) is 9.05. The molecule has 1 fully saturated rings. The highest BCUT2D eigenvalue weighted by Crippen LogP contribution is 2.34. The molecule has 2 heterocycles. The highest BCUT2D eigenvalue weighted by atomic mass is 32.1. The minimum atomic E-state index is -4.45. The molecule has 1 aromatic carbocycles. The second-order valence-electron chi connectivity index (χ2n) is 5.16. The lowest BCUT2D eigenvalue weighted by Gasteiger charge is -2.21. The number of nitrogens with zero attached hydrogens (tertiary/aromatic N) is 3. The van der Waals surface area contributed by atoms with Crippen LogP contribution in [0, 0.1) is 0 Å². The molecule has 0 bridgehead atoms. The third-order valence-electron chi connectivity index (χ3n) is 3.61. The van der Waals surface area contributed by atoms with Gasteiger partial charge in [0.2, 0.25) is 10.1 Å². The molecule has 1 aromatic heterocycles. The van der Waals surface area contributed by atoms with Crippen LogP contribution in [0.2, 0.25) is 0 Å². The van der Waals surface area contributed by atoms with E-state index in [1.165, 1.54) is 0 Å². The van der Waals surface area contributed by atoms with Crippen LogP contribution < -0.4 is 15.0 Å². The molecule has 0 spiro atoms. The molecule has 2 aromatic rings. The first-order valence-corrected chi connectivity index (χ1v) is 7.84. The van der Waals surface area contributed by atoms with Gasteiger partial charge in [-0.25, -0.2) is 0 Å². The number of halogens is 3. The van der Waals surface area contributed by atoms with E-state index in [-0.39, 0.29) is 11.2 Å². The lowest BCUT2D eigenvalue weighted by molar-refractivity contribution is -0.138. The number of hydrogen-bond donors (Lipinski definition) is 1. The van der Waals surface area contributed by atoms with Gasteiger partial charge in [0.1, 0.15) is 5.75 Å². The third-order valence-corrected chi connectivity index (χ3v) is 4.51. The Hall–Kier alpha value is -2.03. The Morgan fingerprint density at radius 2 is 2.09 bits per heavy atom. The highest BCUT2D eigenvalue weighted by Gasteiger charge is 2.36. The van der Waals surface area contributed by atoms with Gasteiger partial charge in [-0.1, -0.05) is 23.5 Å². The molecule has 1 unspecified atom stereocenters. The molecule has 5 nitrogen and oxygen atoms in total. The maximum absolute atomic E-state index is 12.5. The van der Waals surface area contributed by atoms with Gasteiger partial charge in [0, 0.05) is 19.1 Å². The number of methoxy groups -OCH3 is 1. The van der Waals surface area contributed by atoms with Crippen molar-refractivity contribution in [2.45, 2.75) is 18.6 Å². The van der Waals surface area contributed by atoms with Gasteiger partial charge in [0.15, 0.2) is 0 Å². The summed E-state index contributed by atoms with van der Waals surface area (Å²) in [7, 11) is 1.62. The number of rotatable bonds is 4. The van der Waals surface area contributed by atoms with Crippen molar-refractivity contribution in [3.05, 3.63) is 29.3 Å². The molecule has 1 aliphatic heterocycles. The topological polar surface area (TPSA) is 50.3 Å². The summed E-state index contributed by atoms with van der Waals surface area (Å²) in [5.41, 5.74) is 0.979. The fourth-order valence-electron chi connectivity index (χ4n) is 2.56. The van der Waals surface area contributed by atoms with Crippen LogP contribution in [0.4, 0.5) is 24.0 Å². The zero-order valence-electron chi connectivity index (χ0n) is 12.3. The van der Waals surface area contributed by atoms with Crippen LogP contribution in [0.1, 0.15) is 11.4 Å². The summed E-state index contributed by atoms with van der Waals surface area (Å²) in [6, 6.07) is 7.70. The normalized spacial score (nSPS) is 18.3. The Kier molecular flexibility index (Phi) is 4.29. The van der Waals surface area contributed by atoms with E-state index in [0.717, 1.165) is 24.4 Å². The second kappa shape index (κ2) is 6.23. The summed E-state index contributed by atoms with van der Waals surface area (Å²) in [4.78, 5) is 2.14. The molecule has 23 heavy (non-hydrogen) atoms. The largest absolute Gasteiger partial charge is 0.495 e. The number of nitrogens with one attached hydrogen (secondary N) is 1. The van der Waals surface area contributed by atoms with Crippen molar-refractivity contribution in [3.63, 3.8) is 0 Å². The van der Waals surface area contributed by atoms with Crippen molar-refractivity contribution in [2.24, 2.45) is 0 Å². The Balaban J connectivity index is 1.65. The molecule has 1 atom stereocenters. The predicted octanol–water partition coefficient (Wildman–Crippen LogP) is 3.26. The van der Waals surface area contributed by atoms with Crippen molar-refractivity contribution in [3.8, 4) is 5.75 Å². The Morgan fingerprint density at radius 1 is 1.30 bits per heavy atom. The predicted molar refractivity (Wildman–Crippen MR) is 82.1 cm³/mol. The molecule has 9 heteroatoms. The van der Waals surface area contributed by atoms with E-state index in [2.05, 4.69) is 20.4 Å².